The first-order valence-electron chi connectivity index (χ1n) is 6.99. The first kappa shape index (κ1) is 19.2. The molecule has 1 aliphatic rings. The van der Waals surface area contributed by atoms with Crippen LogP contribution in [0.4, 0.5) is 0 Å². The van der Waals surface area contributed by atoms with Gasteiger partial charge < -0.3 is 9.50 Å². The number of hydrogen-bond donors (Lipinski definition) is 1. The maximum Gasteiger partial charge on any atom is 0.340 e. The molecule has 0 spiro atoms. The summed E-state index contributed by atoms with van der Waals surface area (Å²) in [5, 5.41) is 2.72. The van der Waals surface area contributed by atoms with Crippen molar-refractivity contribution in [3.8, 4) is 5.75 Å². The molecular formula is C16H9Cl2NO4S3. The Hall–Kier alpha value is -1.58. The van der Waals surface area contributed by atoms with Crippen molar-refractivity contribution in [3.63, 3.8) is 0 Å². The van der Waals surface area contributed by atoms with Gasteiger partial charge in [-0.3, -0.25) is 4.79 Å². The highest BCUT2D eigenvalue weighted by molar-refractivity contribution is 8.26. The summed E-state index contributed by atoms with van der Waals surface area (Å²) in [5.41, 5.74) is 0.581. The van der Waals surface area contributed by atoms with Crippen LogP contribution in [0.1, 0.15) is 5.56 Å². The number of carbonyl (C=O) groups is 1. The Bertz CT molecular complexity index is 1050. The number of halogens is 2. The minimum Gasteiger partial charge on any atom is -0.379 e. The van der Waals surface area contributed by atoms with E-state index in [4.69, 9.17) is 39.6 Å². The summed E-state index contributed by atoms with van der Waals surface area (Å²) < 4.78 is 30.4. The molecule has 0 saturated carbocycles. The van der Waals surface area contributed by atoms with E-state index in [1.807, 2.05) is 0 Å². The molecular weight excluding hydrogens is 437 g/mol. The Kier molecular flexibility index (Phi) is 5.59. The van der Waals surface area contributed by atoms with Gasteiger partial charge in [-0.25, -0.2) is 0 Å². The normalized spacial score (nSPS) is 16.0. The second kappa shape index (κ2) is 7.58. The minimum atomic E-state index is -4.17. The predicted octanol–water partition coefficient (Wildman–Crippen LogP) is 4.25. The van der Waals surface area contributed by atoms with Crippen LogP contribution in [0.5, 0.6) is 5.75 Å². The minimum absolute atomic E-state index is 0.000196. The lowest BCUT2D eigenvalue weighted by atomic mass is 10.2. The second-order valence-electron chi connectivity index (χ2n) is 5.04. The number of thiocarbonyl (C=S) groups is 1. The van der Waals surface area contributed by atoms with Gasteiger partial charge in [0.2, 0.25) is 0 Å². The number of benzene rings is 2. The fourth-order valence-electron chi connectivity index (χ4n) is 2.07. The first-order valence-corrected chi connectivity index (χ1v) is 10.4. The van der Waals surface area contributed by atoms with E-state index in [1.165, 1.54) is 30.3 Å². The highest BCUT2D eigenvalue weighted by Gasteiger charge is 2.23. The molecule has 0 radical (unpaired) electrons. The van der Waals surface area contributed by atoms with Crippen LogP contribution in [0.25, 0.3) is 6.08 Å². The average Bonchev–Trinajstić information content (AvgIpc) is 2.87. The summed E-state index contributed by atoms with van der Waals surface area (Å²) in [4.78, 5) is 11.9. The van der Waals surface area contributed by atoms with Crippen LogP contribution in [0.15, 0.2) is 52.3 Å². The SMILES string of the molecule is O=C1NC(=S)S/C1=C/c1cccc(OS(=O)(=O)c2cc(Cl)ccc2Cl)c1. The van der Waals surface area contributed by atoms with Crippen LogP contribution in [0.2, 0.25) is 10.0 Å². The highest BCUT2D eigenvalue weighted by Crippen LogP contribution is 2.30. The number of rotatable bonds is 4. The standard InChI is InChI=1S/C16H9Cl2NO4S3/c17-10-4-5-12(18)14(8-10)26(21,22)23-11-3-1-2-9(6-11)7-13-15(20)19-16(24)25-13/h1-8H,(H,19,20,24)/b13-7+. The first-order chi connectivity index (χ1) is 12.2. The van der Waals surface area contributed by atoms with Gasteiger partial charge in [0.1, 0.15) is 15.0 Å². The molecule has 0 aliphatic carbocycles. The summed E-state index contributed by atoms with van der Waals surface area (Å²) in [6.45, 7) is 0. The lowest BCUT2D eigenvalue weighted by Crippen LogP contribution is -2.17. The van der Waals surface area contributed by atoms with Gasteiger partial charge in [0.25, 0.3) is 5.91 Å². The van der Waals surface area contributed by atoms with Gasteiger partial charge >= 0.3 is 10.1 Å². The summed E-state index contributed by atoms with van der Waals surface area (Å²) in [7, 11) is -4.17. The molecule has 26 heavy (non-hydrogen) atoms. The van der Waals surface area contributed by atoms with Crippen LogP contribution in [0.3, 0.4) is 0 Å². The van der Waals surface area contributed by atoms with Gasteiger partial charge in [0.15, 0.2) is 0 Å². The van der Waals surface area contributed by atoms with Crippen molar-refractivity contribution in [2.24, 2.45) is 0 Å². The van der Waals surface area contributed by atoms with E-state index in [0.717, 1.165) is 11.8 Å². The Balaban J connectivity index is 1.89. The fourth-order valence-corrected chi connectivity index (χ4v) is 4.78. The summed E-state index contributed by atoms with van der Waals surface area (Å²) in [6.07, 6.45) is 1.59. The number of thioether (sulfide) groups is 1. The summed E-state index contributed by atoms with van der Waals surface area (Å²) in [5.74, 6) is -0.231. The predicted molar refractivity (Wildman–Crippen MR) is 107 cm³/mol. The molecule has 0 unspecified atom stereocenters. The topological polar surface area (TPSA) is 72.5 Å². The second-order valence-corrected chi connectivity index (χ2v) is 9.11. The van der Waals surface area contributed by atoms with E-state index in [0.29, 0.717) is 14.8 Å². The fraction of sp³-hybridized carbons (Fsp3) is 0. The van der Waals surface area contributed by atoms with Crippen LogP contribution >= 0.6 is 47.2 Å². The largest absolute Gasteiger partial charge is 0.379 e. The molecule has 0 aromatic heterocycles. The zero-order valence-corrected chi connectivity index (χ0v) is 16.7. The third kappa shape index (κ3) is 4.39. The van der Waals surface area contributed by atoms with Crippen molar-refractivity contribution in [3.05, 3.63) is 63.0 Å². The Labute approximate surface area is 169 Å². The van der Waals surface area contributed by atoms with Crippen molar-refractivity contribution in [2.45, 2.75) is 4.90 Å². The van der Waals surface area contributed by atoms with Gasteiger partial charge in [-0.2, -0.15) is 8.42 Å². The Morgan fingerprint density at radius 3 is 2.62 bits per heavy atom. The highest BCUT2D eigenvalue weighted by atomic mass is 35.5. The van der Waals surface area contributed by atoms with E-state index in [2.05, 4.69) is 5.32 Å². The van der Waals surface area contributed by atoms with Crippen molar-refractivity contribution in [1.82, 2.24) is 5.32 Å². The van der Waals surface area contributed by atoms with E-state index in [1.54, 1.807) is 18.2 Å². The maximum absolute atomic E-state index is 12.5. The van der Waals surface area contributed by atoms with E-state index < -0.39 is 10.1 Å². The molecule has 3 rings (SSSR count). The van der Waals surface area contributed by atoms with Crippen LogP contribution < -0.4 is 9.50 Å². The van der Waals surface area contributed by atoms with Crippen molar-refractivity contribution in [2.75, 3.05) is 0 Å². The van der Waals surface area contributed by atoms with Crippen LogP contribution in [0, 0.1) is 0 Å². The number of amides is 1. The molecule has 1 N–H and O–H groups in total. The molecule has 1 amide bonds. The molecule has 0 bridgehead atoms. The van der Waals surface area contributed by atoms with Crippen LogP contribution in [-0.2, 0) is 14.9 Å². The lowest BCUT2D eigenvalue weighted by molar-refractivity contribution is -0.115. The third-order valence-electron chi connectivity index (χ3n) is 3.17. The molecule has 1 saturated heterocycles. The Morgan fingerprint density at radius 1 is 1.15 bits per heavy atom. The Morgan fingerprint density at radius 2 is 1.92 bits per heavy atom. The van der Waals surface area contributed by atoms with E-state index in [9.17, 15) is 13.2 Å². The van der Waals surface area contributed by atoms with Crippen LogP contribution in [-0.4, -0.2) is 18.6 Å². The monoisotopic (exact) mass is 445 g/mol. The maximum atomic E-state index is 12.5. The molecule has 134 valence electrons. The van der Waals surface area contributed by atoms with Crippen molar-refractivity contribution >= 4 is 73.6 Å². The lowest BCUT2D eigenvalue weighted by Gasteiger charge is -2.09. The molecule has 1 fully saturated rings. The van der Waals surface area contributed by atoms with Gasteiger partial charge in [-0.05, 0) is 42.0 Å². The molecule has 2 aromatic carbocycles. The summed E-state index contributed by atoms with van der Waals surface area (Å²) in [6, 6.07) is 10.3. The number of carbonyl (C=O) groups excluding carboxylic acids is 1. The van der Waals surface area contributed by atoms with Gasteiger partial charge in [-0.1, -0.05) is 59.3 Å². The number of nitrogens with one attached hydrogen (secondary N) is 1. The summed E-state index contributed by atoms with van der Waals surface area (Å²) >= 11 is 17.8. The zero-order chi connectivity index (χ0) is 18.9. The quantitative estimate of drug-likeness (QED) is 0.430. The zero-order valence-electron chi connectivity index (χ0n) is 12.7. The molecule has 1 heterocycles. The van der Waals surface area contributed by atoms with Gasteiger partial charge in [0, 0.05) is 5.02 Å². The van der Waals surface area contributed by atoms with E-state index in [-0.39, 0.29) is 26.6 Å². The molecule has 10 heteroatoms. The molecule has 5 nitrogen and oxygen atoms in total. The van der Waals surface area contributed by atoms with Crippen molar-refractivity contribution in [1.29, 1.82) is 0 Å². The van der Waals surface area contributed by atoms with Gasteiger partial charge in [-0.15, -0.1) is 0 Å². The smallest absolute Gasteiger partial charge is 0.340 e. The number of hydrogen-bond acceptors (Lipinski definition) is 6. The third-order valence-corrected chi connectivity index (χ3v) is 6.29. The molecule has 1 aliphatic heterocycles. The molecule has 2 aromatic rings. The van der Waals surface area contributed by atoms with Gasteiger partial charge in [0.05, 0.1) is 9.93 Å². The molecule has 0 atom stereocenters. The van der Waals surface area contributed by atoms with E-state index >= 15 is 0 Å². The average molecular weight is 446 g/mol. The van der Waals surface area contributed by atoms with Crippen molar-refractivity contribution < 1.29 is 17.4 Å².